The molecule has 0 spiro atoms. The molecule has 0 aliphatic heterocycles. The molecule has 0 saturated heterocycles. The van der Waals surface area contributed by atoms with Crippen molar-refractivity contribution in [3.05, 3.63) is 77.4 Å². The number of phenols is 2. The normalized spacial score (nSPS) is 10.1. The molecule has 63 heavy (non-hydrogen) atoms. The van der Waals surface area contributed by atoms with Crippen LogP contribution < -0.4 is 16.2 Å². The van der Waals surface area contributed by atoms with Crippen molar-refractivity contribution in [3.8, 4) is 17.2 Å². The molecule has 3 rings (SSSR count). The van der Waals surface area contributed by atoms with Crippen LogP contribution in [0.3, 0.4) is 0 Å². The summed E-state index contributed by atoms with van der Waals surface area (Å²) in [6.07, 6.45) is 2.61. The van der Waals surface area contributed by atoms with E-state index < -0.39 is 11.9 Å². The number of hydrogen-bond acceptors (Lipinski definition) is 21. The van der Waals surface area contributed by atoms with Gasteiger partial charge in [-0.2, -0.15) is 9.59 Å². The van der Waals surface area contributed by atoms with Gasteiger partial charge in [0.15, 0.2) is 5.78 Å². The van der Waals surface area contributed by atoms with Gasteiger partial charge in [0.05, 0.1) is 31.8 Å². The molecule has 3 aromatic carbocycles. The molecule has 0 aromatic heterocycles. The number of benzene rings is 3. The maximum atomic E-state index is 11.9. The van der Waals surface area contributed by atoms with Crippen LogP contribution in [0, 0.1) is 0 Å². The van der Waals surface area contributed by atoms with Crippen molar-refractivity contribution in [2.24, 2.45) is 0 Å². The van der Waals surface area contributed by atoms with Crippen LogP contribution in [-0.2, 0) is 44.5 Å². The quantitative estimate of drug-likeness (QED) is 0.00893. The predicted octanol–water partition coefficient (Wildman–Crippen LogP) is 7.57. The van der Waals surface area contributed by atoms with E-state index in [1.807, 2.05) is 0 Å². The molecule has 16 nitrogen and oxygen atoms in total. The first-order valence-electron chi connectivity index (χ1n) is 18.9. The van der Waals surface area contributed by atoms with Gasteiger partial charge in [0.25, 0.3) is 0 Å². The van der Waals surface area contributed by atoms with E-state index >= 15 is 0 Å². The molecule has 0 radical (unpaired) electrons. The Morgan fingerprint density at radius 2 is 1.06 bits per heavy atom. The molecule has 0 heterocycles. The predicted molar refractivity (Wildman–Crippen MR) is 257 cm³/mol. The van der Waals surface area contributed by atoms with E-state index in [2.05, 4.69) is 0 Å². The van der Waals surface area contributed by atoms with Crippen LogP contribution in [0.1, 0.15) is 52.0 Å². The van der Waals surface area contributed by atoms with Crippen molar-refractivity contribution < 1.29 is 67.8 Å². The van der Waals surface area contributed by atoms with E-state index in [4.69, 9.17) is 55.0 Å². The minimum Gasteiger partial charge on any atom is -0.508 e. The van der Waals surface area contributed by atoms with Gasteiger partial charge < -0.3 is 50.5 Å². The third-order valence-corrected chi connectivity index (χ3v) is 14.3. The summed E-state index contributed by atoms with van der Waals surface area (Å²) >= 11 is 0. The van der Waals surface area contributed by atoms with Gasteiger partial charge in [-0.25, -0.2) is 4.79 Å². The van der Waals surface area contributed by atoms with E-state index in [9.17, 15) is 24.3 Å². The summed E-state index contributed by atoms with van der Waals surface area (Å²) in [5.41, 5.74) is 13.0. The Labute approximate surface area is 391 Å². The second-order valence-electron chi connectivity index (χ2n) is 12.0. The van der Waals surface area contributed by atoms with Gasteiger partial charge in [0.2, 0.25) is 0 Å². The molecule has 3 aromatic rings. The van der Waals surface area contributed by atoms with E-state index in [0.29, 0.717) is 43.0 Å². The zero-order valence-corrected chi connectivity index (χ0v) is 40.2. The lowest BCUT2D eigenvalue weighted by Crippen LogP contribution is -2.11. The first kappa shape index (κ1) is 59.3. The highest BCUT2D eigenvalue weighted by atomic mass is 33.1. The molecule has 350 valence electrons. The van der Waals surface area contributed by atoms with E-state index in [1.54, 1.807) is 116 Å². The number of rotatable bonds is 28. The number of phenolic OH excluding ortho intramolecular Hbond substituents is 2. The summed E-state index contributed by atoms with van der Waals surface area (Å²) in [5.74, 6) is 3.56. The molecule has 0 bridgehead atoms. The molecule has 22 heteroatoms. The smallest absolute Gasteiger partial charge is 0.373 e. The van der Waals surface area contributed by atoms with Crippen molar-refractivity contribution >= 4 is 106 Å². The fraction of sp³-hybridized carbons (Fsp3) is 0.439. The summed E-state index contributed by atoms with van der Waals surface area (Å²) in [4.78, 5) is 62.5. The summed E-state index contributed by atoms with van der Waals surface area (Å²) in [6.45, 7) is 2.60. The lowest BCUT2D eigenvalue weighted by atomic mass is 10.1. The Balaban J connectivity index is 0.000000889. The number of aromatic hydroxyl groups is 2. The topological polar surface area (TPSA) is 261 Å². The SMILES string of the molecule is COCCSSCCCC(=O)Oc1ccc(N)cc1C(=O)O.COCCSSCCCC(=O)c1cc(N)ccc1O.COCCSSCCOC(=O)Cc1ccc(O)cc1.O=C=O. The Kier molecular flexibility index (Phi) is 37.5. The average molecular weight is 993 g/mol. The Hall–Kier alpha value is -3.70. The lowest BCUT2D eigenvalue weighted by molar-refractivity contribution is -0.191. The van der Waals surface area contributed by atoms with Gasteiger partial charge in [0, 0.05) is 80.1 Å². The number of esters is 2. The number of carboxylic acid groups (broad SMARTS) is 1. The van der Waals surface area contributed by atoms with Crippen LogP contribution in [0.25, 0.3) is 0 Å². The fourth-order valence-electron chi connectivity index (χ4n) is 4.18. The number of methoxy groups -OCH3 is 3. The van der Waals surface area contributed by atoms with Gasteiger partial charge in [-0.1, -0.05) is 76.9 Å². The standard InChI is InChI=1S/C14H19NO5S2.C13H19NO3S2.C13H18O4S2.CO2/c1-19-6-8-22-21-7-2-3-13(16)20-12-5-4-10(15)9-11(12)14(17)18;1-17-6-8-19-18-7-2-3-12(15)11-9-10(14)4-5-13(11)16;1-16-6-8-18-19-9-7-17-13(15)10-11-2-4-12(14)5-3-11;2-1-3/h4-5,9H,2-3,6-8,15H2,1H3,(H,17,18);4-5,9,16H,2-3,6-8,14H2,1H3;2-5,14H,6-10H2,1H3;. The lowest BCUT2D eigenvalue weighted by Gasteiger charge is -2.08. The number of carbonyl (C=O) groups excluding carboxylic acids is 5. The first-order chi connectivity index (χ1) is 30.3. The third-order valence-electron chi connectivity index (χ3n) is 7.10. The van der Waals surface area contributed by atoms with Gasteiger partial charge in [0.1, 0.15) is 29.4 Å². The van der Waals surface area contributed by atoms with Gasteiger partial charge in [-0.15, -0.1) is 0 Å². The zero-order chi connectivity index (χ0) is 47.1. The highest BCUT2D eigenvalue weighted by molar-refractivity contribution is 8.77. The second kappa shape index (κ2) is 39.9. The molecule has 0 unspecified atom stereocenters. The number of nitrogen functional groups attached to an aromatic ring is 2. The highest BCUT2D eigenvalue weighted by Crippen LogP contribution is 2.26. The molecule has 0 atom stereocenters. The number of ketones is 1. The third kappa shape index (κ3) is 32.6. The number of Topliss-reactive ketones (excluding diaryl/α,β-unsaturated/α-hetero) is 1. The van der Waals surface area contributed by atoms with Crippen molar-refractivity contribution in [2.45, 2.75) is 32.1 Å². The Morgan fingerprint density at radius 3 is 1.57 bits per heavy atom. The summed E-state index contributed by atoms with van der Waals surface area (Å²) < 4.78 is 25.0. The molecule has 0 aliphatic carbocycles. The Bertz CT molecular complexity index is 1770. The number of carbonyl (C=O) groups is 4. The van der Waals surface area contributed by atoms with Gasteiger partial charge >= 0.3 is 24.1 Å². The summed E-state index contributed by atoms with van der Waals surface area (Å²) in [5, 5.41) is 27.8. The molecular weight excluding hydrogens is 937 g/mol. The fourth-order valence-corrected chi connectivity index (χ4v) is 9.91. The van der Waals surface area contributed by atoms with E-state index in [0.717, 1.165) is 59.7 Å². The van der Waals surface area contributed by atoms with Crippen LogP contribution in [-0.4, -0.2) is 127 Å². The number of ether oxygens (including phenoxy) is 5. The maximum absolute atomic E-state index is 11.9. The Morgan fingerprint density at radius 1 is 0.603 bits per heavy atom. The van der Waals surface area contributed by atoms with Crippen molar-refractivity contribution in [3.63, 3.8) is 0 Å². The number of hydrogen-bond donors (Lipinski definition) is 5. The number of nitrogens with two attached hydrogens (primary N) is 2. The largest absolute Gasteiger partial charge is 0.508 e. The summed E-state index contributed by atoms with van der Waals surface area (Å²) in [6, 6.07) is 15.3. The van der Waals surface area contributed by atoms with Crippen molar-refractivity contribution in [1.29, 1.82) is 0 Å². The first-order valence-corrected chi connectivity index (χ1v) is 26.4. The van der Waals surface area contributed by atoms with Crippen LogP contribution in [0.4, 0.5) is 11.4 Å². The van der Waals surface area contributed by atoms with Crippen molar-refractivity contribution in [2.75, 3.05) is 93.7 Å². The number of anilines is 2. The minimum atomic E-state index is -1.18. The zero-order valence-electron chi connectivity index (χ0n) is 35.3. The molecular formula is C41H56N2O14S6. The van der Waals surface area contributed by atoms with E-state index in [1.165, 1.54) is 30.3 Å². The molecule has 0 saturated carbocycles. The van der Waals surface area contributed by atoms with E-state index in [-0.39, 0.29) is 53.6 Å². The van der Waals surface area contributed by atoms with Crippen LogP contribution in [0.15, 0.2) is 60.7 Å². The number of aromatic carboxylic acids is 1. The van der Waals surface area contributed by atoms with Crippen molar-refractivity contribution in [1.82, 2.24) is 0 Å². The molecule has 7 N–H and O–H groups in total. The van der Waals surface area contributed by atoms with Crippen LogP contribution in [0.5, 0.6) is 17.2 Å². The van der Waals surface area contributed by atoms with Crippen LogP contribution >= 0.6 is 64.8 Å². The summed E-state index contributed by atoms with van der Waals surface area (Å²) in [7, 11) is 15.2. The monoisotopic (exact) mass is 992 g/mol. The number of carboxylic acids is 1. The second-order valence-corrected chi connectivity index (χ2v) is 20.1. The molecule has 0 amide bonds. The average Bonchev–Trinajstić information content (AvgIpc) is 3.25. The molecule has 0 aliphatic rings. The maximum Gasteiger partial charge on any atom is 0.373 e. The van der Waals surface area contributed by atoms with Gasteiger partial charge in [-0.3, -0.25) is 14.4 Å². The highest BCUT2D eigenvalue weighted by Gasteiger charge is 2.15. The van der Waals surface area contributed by atoms with Gasteiger partial charge in [-0.05, 0) is 66.9 Å². The minimum absolute atomic E-state index is 0.00122. The van der Waals surface area contributed by atoms with Crippen LogP contribution in [0.2, 0.25) is 0 Å². The molecule has 0 fully saturated rings.